The van der Waals surface area contributed by atoms with Crippen LogP contribution in [0.25, 0.3) is 65.2 Å². The number of pyridine rings is 1. The summed E-state index contributed by atoms with van der Waals surface area (Å²) in [6.45, 7) is 13.0. The molecule has 0 fully saturated rings. The first-order valence-electron chi connectivity index (χ1n) is 20.1. The van der Waals surface area contributed by atoms with E-state index < -0.39 is 0 Å². The Morgan fingerprint density at radius 1 is 0.542 bits per heavy atom. The molecule has 9 rings (SSSR count). The van der Waals surface area contributed by atoms with E-state index in [1.807, 2.05) is 36.5 Å². The number of hydrogen-bond acceptors (Lipinski definition) is 6. The number of thiophene rings is 1. The topological polar surface area (TPSA) is 62.1 Å². The molecule has 5 nitrogen and oxygen atoms in total. The van der Waals surface area contributed by atoms with Crippen LogP contribution in [-0.4, -0.2) is 20.1 Å². The lowest BCUT2D eigenvalue weighted by molar-refractivity contribution is 0.446. The number of rotatable bonds is 7. The van der Waals surface area contributed by atoms with E-state index in [1.54, 1.807) is 11.3 Å². The fourth-order valence-corrected chi connectivity index (χ4v) is 8.88. The van der Waals surface area contributed by atoms with Gasteiger partial charge >= 0.3 is 0 Å². The molecule has 0 aliphatic heterocycles. The van der Waals surface area contributed by atoms with Crippen molar-refractivity contribution >= 4 is 48.8 Å². The molecule has 3 heterocycles. The smallest absolute Gasteiger partial charge is 0.164 e. The van der Waals surface area contributed by atoms with Crippen molar-refractivity contribution in [1.82, 2.24) is 15.0 Å². The third-order valence-electron chi connectivity index (χ3n) is 10.9. The molecule has 59 heavy (non-hydrogen) atoms. The molecule has 0 unspecified atom stereocenters. The lowest BCUT2D eigenvalue weighted by Gasteiger charge is -2.27. The minimum Gasteiger partial charge on any atom is -0.507 e. The average molecular weight is 787 g/mol. The summed E-state index contributed by atoms with van der Waals surface area (Å²) in [6, 6.07) is 54.9. The molecule has 0 amide bonds. The standard InChI is InChI=1S/C53H46N4OS/c1-52(2,3)39-32-43(49(58)44(33-39)53(4,5)6)51-55-47(50-48(56-51)42-21-13-14-22-45(42)59-50)38-29-37(35-19-11-8-12-20-35)30-41(31-38)57(46-23-15-16-28-54-46)40-26-24-36(25-27-40)34-17-9-7-10-18-34/h7-33,58H,1-6H3. The number of benzene rings is 6. The van der Waals surface area contributed by atoms with Crippen LogP contribution in [0.2, 0.25) is 0 Å². The highest BCUT2D eigenvalue weighted by atomic mass is 32.1. The highest BCUT2D eigenvalue weighted by Crippen LogP contribution is 2.46. The van der Waals surface area contributed by atoms with Gasteiger partial charge < -0.3 is 5.11 Å². The first kappa shape index (κ1) is 37.9. The van der Waals surface area contributed by atoms with Crippen LogP contribution in [-0.2, 0) is 10.8 Å². The molecular formula is C53H46N4OS. The SMILES string of the molecule is CC(C)(C)c1cc(-c2nc(-c3cc(-c4ccccc4)cc(N(c4ccc(-c5ccccc5)cc4)c4ccccn4)c3)c3sc4ccccc4c3n2)c(O)c(C(C)(C)C)c1. The van der Waals surface area contributed by atoms with Crippen molar-refractivity contribution in [3.63, 3.8) is 0 Å². The minimum atomic E-state index is -0.310. The van der Waals surface area contributed by atoms with Gasteiger partial charge in [0.05, 0.1) is 21.5 Å². The van der Waals surface area contributed by atoms with Gasteiger partial charge in [-0.1, -0.05) is 145 Å². The van der Waals surface area contributed by atoms with Crippen molar-refractivity contribution in [2.24, 2.45) is 0 Å². The maximum absolute atomic E-state index is 12.1. The number of nitrogens with zero attached hydrogens (tertiary/aromatic N) is 4. The van der Waals surface area contributed by atoms with Gasteiger partial charge in [-0.15, -0.1) is 11.3 Å². The summed E-state index contributed by atoms with van der Waals surface area (Å²) in [5.74, 6) is 1.51. The Hall–Kier alpha value is -6.63. The second-order valence-electron chi connectivity index (χ2n) is 17.2. The zero-order valence-electron chi connectivity index (χ0n) is 34.2. The molecule has 290 valence electrons. The number of aromatic hydroxyl groups is 1. The fourth-order valence-electron chi connectivity index (χ4n) is 7.72. The number of anilines is 3. The Balaban J connectivity index is 1.32. The fraction of sp³-hybridized carbons (Fsp3) is 0.151. The summed E-state index contributed by atoms with van der Waals surface area (Å²) >= 11 is 1.70. The van der Waals surface area contributed by atoms with E-state index in [0.29, 0.717) is 11.4 Å². The molecule has 9 aromatic rings. The molecule has 0 bridgehead atoms. The normalized spacial score (nSPS) is 12.0. The monoisotopic (exact) mass is 786 g/mol. The number of phenolic OH excluding ortho intramolecular Hbond substituents is 1. The van der Waals surface area contributed by atoms with E-state index in [1.165, 1.54) is 0 Å². The minimum absolute atomic E-state index is 0.169. The van der Waals surface area contributed by atoms with Gasteiger partial charge in [-0.25, -0.2) is 15.0 Å². The molecular weight excluding hydrogens is 741 g/mol. The van der Waals surface area contributed by atoms with Crippen LogP contribution >= 0.6 is 11.3 Å². The number of hydrogen-bond donors (Lipinski definition) is 1. The largest absolute Gasteiger partial charge is 0.507 e. The molecule has 6 heteroatoms. The average Bonchev–Trinajstić information content (AvgIpc) is 3.62. The summed E-state index contributed by atoms with van der Waals surface area (Å²) in [5, 5.41) is 13.2. The summed E-state index contributed by atoms with van der Waals surface area (Å²) in [5.41, 5.74) is 11.1. The lowest BCUT2D eigenvalue weighted by Crippen LogP contribution is -2.17. The van der Waals surface area contributed by atoms with Crippen LogP contribution in [0.4, 0.5) is 17.2 Å². The van der Waals surface area contributed by atoms with Crippen LogP contribution in [0.15, 0.2) is 164 Å². The van der Waals surface area contributed by atoms with Crippen LogP contribution in [0.3, 0.4) is 0 Å². The molecule has 3 aromatic heterocycles. The second-order valence-corrected chi connectivity index (χ2v) is 18.2. The van der Waals surface area contributed by atoms with Gasteiger partial charge in [0.25, 0.3) is 0 Å². The van der Waals surface area contributed by atoms with Gasteiger partial charge in [-0.3, -0.25) is 4.90 Å². The van der Waals surface area contributed by atoms with Crippen molar-refractivity contribution in [1.29, 1.82) is 0 Å². The Morgan fingerprint density at radius 3 is 1.83 bits per heavy atom. The van der Waals surface area contributed by atoms with Gasteiger partial charge in [0.2, 0.25) is 0 Å². The molecule has 0 spiro atoms. The second kappa shape index (κ2) is 14.9. The summed E-state index contributed by atoms with van der Waals surface area (Å²) in [4.78, 5) is 17.9. The van der Waals surface area contributed by atoms with Crippen LogP contribution in [0, 0.1) is 0 Å². The summed E-state index contributed by atoms with van der Waals surface area (Å²) in [6.07, 6.45) is 1.84. The molecule has 0 aliphatic rings. The van der Waals surface area contributed by atoms with Crippen LogP contribution < -0.4 is 4.90 Å². The molecule has 0 aliphatic carbocycles. The van der Waals surface area contributed by atoms with Crippen molar-refractivity contribution < 1.29 is 5.11 Å². The molecule has 0 saturated heterocycles. The Morgan fingerprint density at radius 2 is 1.17 bits per heavy atom. The van der Waals surface area contributed by atoms with E-state index in [9.17, 15) is 5.11 Å². The van der Waals surface area contributed by atoms with Crippen LogP contribution in [0.5, 0.6) is 5.75 Å². The molecule has 0 atom stereocenters. The van der Waals surface area contributed by atoms with Crippen molar-refractivity contribution in [3.8, 4) is 50.6 Å². The molecule has 0 saturated carbocycles. The van der Waals surface area contributed by atoms with E-state index in [4.69, 9.17) is 15.0 Å². The van der Waals surface area contributed by atoms with Crippen molar-refractivity contribution in [2.75, 3.05) is 4.90 Å². The predicted molar refractivity (Wildman–Crippen MR) is 248 cm³/mol. The summed E-state index contributed by atoms with van der Waals surface area (Å²) in [7, 11) is 0. The predicted octanol–water partition coefficient (Wildman–Crippen LogP) is 14.7. The van der Waals surface area contributed by atoms with Crippen molar-refractivity contribution in [3.05, 3.63) is 175 Å². The van der Waals surface area contributed by atoms with E-state index in [2.05, 4.69) is 174 Å². The Kier molecular flexibility index (Phi) is 9.61. The van der Waals surface area contributed by atoms with E-state index in [-0.39, 0.29) is 16.6 Å². The lowest BCUT2D eigenvalue weighted by atomic mass is 9.79. The maximum Gasteiger partial charge on any atom is 0.164 e. The molecule has 0 radical (unpaired) electrons. The van der Waals surface area contributed by atoms with Gasteiger partial charge in [0.15, 0.2) is 5.82 Å². The highest BCUT2D eigenvalue weighted by molar-refractivity contribution is 7.26. The number of phenols is 1. The first-order chi connectivity index (χ1) is 28.4. The molecule has 1 N–H and O–H groups in total. The maximum atomic E-state index is 12.1. The molecule has 6 aromatic carbocycles. The van der Waals surface area contributed by atoms with Gasteiger partial charge in [-0.2, -0.15) is 0 Å². The van der Waals surface area contributed by atoms with E-state index in [0.717, 1.165) is 82.1 Å². The Labute approximate surface area is 350 Å². The van der Waals surface area contributed by atoms with Crippen LogP contribution in [0.1, 0.15) is 52.7 Å². The zero-order chi connectivity index (χ0) is 40.9. The quantitative estimate of drug-likeness (QED) is 0.174. The van der Waals surface area contributed by atoms with Gasteiger partial charge in [0.1, 0.15) is 11.6 Å². The number of aromatic nitrogens is 3. The van der Waals surface area contributed by atoms with Gasteiger partial charge in [-0.05, 0) is 93.2 Å². The third kappa shape index (κ3) is 7.37. The summed E-state index contributed by atoms with van der Waals surface area (Å²) < 4.78 is 2.12. The first-order valence-corrected chi connectivity index (χ1v) is 20.9. The number of fused-ring (bicyclic) bond motifs is 3. The van der Waals surface area contributed by atoms with Gasteiger partial charge in [0, 0.05) is 38.8 Å². The van der Waals surface area contributed by atoms with E-state index >= 15 is 0 Å². The van der Waals surface area contributed by atoms with Crippen molar-refractivity contribution in [2.45, 2.75) is 52.4 Å². The highest BCUT2D eigenvalue weighted by Gasteiger charge is 2.28. The third-order valence-corrected chi connectivity index (χ3v) is 12.1. The zero-order valence-corrected chi connectivity index (χ0v) is 35.0. The Bertz CT molecular complexity index is 2950.